The first-order chi connectivity index (χ1) is 16.7. The molecule has 0 fully saturated rings. The summed E-state index contributed by atoms with van der Waals surface area (Å²) in [7, 11) is 1.48. The third kappa shape index (κ3) is 4.21. The van der Waals surface area contributed by atoms with Gasteiger partial charge in [0.05, 0.1) is 40.5 Å². The number of nitriles is 1. The number of hydrogen-bond acceptors (Lipinski definition) is 4. The lowest BCUT2D eigenvalue weighted by atomic mass is 10.1. The van der Waals surface area contributed by atoms with Crippen LogP contribution in [0.15, 0.2) is 65.6 Å². The molecule has 0 aliphatic carbocycles. The summed E-state index contributed by atoms with van der Waals surface area (Å²) in [6.45, 7) is 1.93. The number of alkyl halides is 3. The number of nitrogens with zero attached hydrogens (tertiary/aromatic N) is 5. The number of rotatable bonds is 5. The summed E-state index contributed by atoms with van der Waals surface area (Å²) in [6, 6.07) is 14.4. The SMILES string of the molecule is CCNC(=O)c1c(-c2ccnn2-c2ccc(C#N)cc2)n(C)n(-c2cccc(C(F)(F)F)c2)c1=O. The van der Waals surface area contributed by atoms with E-state index in [-0.39, 0.29) is 23.5 Å². The molecule has 4 rings (SSSR count). The normalized spacial score (nSPS) is 11.3. The van der Waals surface area contributed by atoms with Crippen LogP contribution in [0.3, 0.4) is 0 Å². The molecule has 0 saturated heterocycles. The number of amides is 1. The van der Waals surface area contributed by atoms with Crippen LogP contribution >= 0.6 is 0 Å². The van der Waals surface area contributed by atoms with Gasteiger partial charge in [0.25, 0.3) is 11.5 Å². The highest BCUT2D eigenvalue weighted by molar-refractivity contribution is 5.99. The number of halogens is 3. The van der Waals surface area contributed by atoms with Gasteiger partial charge in [-0.3, -0.25) is 14.3 Å². The fourth-order valence-electron chi connectivity index (χ4n) is 3.82. The summed E-state index contributed by atoms with van der Waals surface area (Å²) in [5.74, 6) is -0.665. The molecule has 1 N–H and O–H groups in total. The first-order valence-corrected chi connectivity index (χ1v) is 10.5. The molecule has 0 unspecified atom stereocenters. The van der Waals surface area contributed by atoms with Crippen LogP contribution in [0.2, 0.25) is 0 Å². The molecule has 4 aromatic rings. The van der Waals surface area contributed by atoms with Crippen LogP contribution in [0.25, 0.3) is 22.8 Å². The van der Waals surface area contributed by atoms with Gasteiger partial charge in [-0.2, -0.15) is 23.5 Å². The van der Waals surface area contributed by atoms with Gasteiger partial charge < -0.3 is 5.32 Å². The van der Waals surface area contributed by atoms with Crippen LogP contribution in [0, 0.1) is 11.3 Å². The van der Waals surface area contributed by atoms with Crippen molar-refractivity contribution in [3.05, 3.63) is 87.8 Å². The van der Waals surface area contributed by atoms with Crippen LogP contribution in [0.4, 0.5) is 13.2 Å². The Morgan fingerprint density at radius 3 is 2.46 bits per heavy atom. The van der Waals surface area contributed by atoms with Crippen LogP contribution in [0.5, 0.6) is 0 Å². The van der Waals surface area contributed by atoms with Gasteiger partial charge in [-0.1, -0.05) is 6.07 Å². The first kappa shape index (κ1) is 23.6. The van der Waals surface area contributed by atoms with Crippen LogP contribution < -0.4 is 10.9 Å². The predicted molar refractivity (Wildman–Crippen MR) is 121 cm³/mol. The van der Waals surface area contributed by atoms with Crippen LogP contribution in [-0.4, -0.2) is 31.6 Å². The van der Waals surface area contributed by atoms with Gasteiger partial charge >= 0.3 is 6.18 Å². The molecule has 0 bridgehead atoms. The molecule has 1 amide bonds. The van der Waals surface area contributed by atoms with Gasteiger partial charge in [-0.15, -0.1) is 0 Å². The zero-order valence-electron chi connectivity index (χ0n) is 18.7. The maximum absolute atomic E-state index is 13.4. The average Bonchev–Trinajstić information content (AvgIpc) is 3.40. The van der Waals surface area contributed by atoms with Crippen molar-refractivity contribution in [2.75, 3.05) is 6.54 Å². The second-order valence-corrected chi connectivity index (χ2v) is 7.56. The maximum atomic E-state index is 13.4. The van der Waals surface area contributed by atoms with Crippen molar-refractivity contribution in [1.29, 1.82) is 5.26 Å². The summed E-state index contributed by atoms with van der Waals surface area (Å²) >= 11 is 0. The summed E-state index contributed by atoms with van der Waals surface area (Å²) in [5.41, 5.74) is -0.455. The third-order valence-electron chi connectivity index (χ3n) is 5.38. The largest absolute Gasteiger partial charge is 0.416 e. The molecule has 0 aliphatic heterocycles. The Morgan fingerprint density at radius 2 is 1.83 bits per heavy atom. The van der Waals surface area contributed by atoms with Crippen molar-refractivity contribution in [2.45, 2.75) is 13.1 Å². The zero-order chi connectivity index (χ0) is 25.3. The highest BCUT2D eigenvalue weighted by Gasteiger charge is 2.32. The molecule has 35 heavy (non-hydrogen) atoms. The maximum Gasteiger partial charge on any atom is 0.416 e. The van der Waals surface area contributed by atoms with Gasteiger partial charge in [0, 0.05) is 13.6 Å². The molecule has 0 spiro atoms. The molecule has 2 aromatic heterocycles. The molecule has 2 heterocycles. The van der Waals surface area contributed by atoms with E-state index in [1.807, 2.05) is 6.07 Å². The fourth-order valence-corrected chi connectivity index (χ4v) is 3.82. The van der Waals surface area contributed by atoms with Crippen molar-refractivity contribution >= 4 is 5.91 Å². The van der Waals surface area contributed by atoms with E-state index in [4.69, 9.17) is 5.26 Å². The Bertz CT molecular complexity index is 1500. The Kier molecular flexibility index (Phi) is 6.05. The van der Waals surface area contributed by atoms with E-state index < -0.39 is 23.2 Å². The van der Waals surface area contributed by atoms with Gasteiger partial charge in [0.1, 0.15) is 11.3 Å². The molecule has 0 atom stereocenters. The van der Waals surface area contributed by atoms with E-state index in [0.29, 0.717) is 16.9 Å². The van der Waals surface area contributed by atoms with Crippen molar-refractivity contribution in [1.82, 2.24) is 24.5 Å². The quantitative estimate of drug-likeness (QED) is 0.471. The summed E-state index contributed by atoms with van der Waals surface area (Å²) in [6.07, 6.45) is -3.13. The molecule has 2 aromatic carbocycles. The third-order valence-corrected chi connectivity index (χ3v) is 5.38. The number of hydrogen-bond donors (Lipinski definition) is 1. The van der Waals surface area contributed by atoms with Crippen molar-refractivity contribution < 1.29 is 18.0 Å². The Labute approximate surface area is 197 Å². The Hall–Kier alpha value is -4.59. The molecule has 0 aliphatic rings. The minimum atomic E-state index is -4.61. The highest BCUT2D eigenvalue weighted by Crippen LogP contribution is 2.31. The molecule has 0 radical (unpaired) electrons. The summed E-state index contributed by atoms with van der Waals surface area (Å²) < 4.78 is 43.8. The minimum absolute atomic E-state index is 0.0476. The second-order valence-electron chi connectivity index (χ2n) is 7.56. The summed E-state index contributed by atoms with van der Waals surface area (Å²) in [5, 5.41) is 15.9. The Morgan fingerprint density at radius 1 is 1.11 bits per heavy atom. The Balaban J connectivity index is 1.98. The average molecular weight is 480 g/mol. The molecule has 0 saturated carbocycles. The lowest BCUT2D eigenvalue weighted by molar-refractivity contribution is -0.137. The lowest BCUT2D eigenvalue weighted by Gasteiger charge is -2.14. The standard InChI is InChI=1S/C24H19F3N6O2/c1-3-29-22(34)20-21(19-11-12-30-32(19)17-9-7-15(14-28)8-10-17)31(2)33(23(20)35)18-6-4-5-16(13-18)24(25,26)27/h4-13H,3H2,1-2H3,(H,29,34). The predicted octanol–water partition coefficient (Wildman–Crippen LogP) is 3.67. The molecular formula is C24H19F3N6O2. The second kappa shape index (κ2) is 8.98. The fraction of sp³-hybridized carbons (Fsp3) is 0.167. The van der Waals surface area contributed by atoms with Gasteiger partial charge in [-0.05, 0) is 55.5 Å². The zero-order valence-corrected chi connectivity index (χ0v) is 18.7. The van der Waals surface area contributed by atoms with Crippen molar-refractivity contribution in [3.63, 3.8) is 0 Å². The van der Waals surface area contributed by atoms with E-state index in [1.54, 1.807) is 37.3 Å². The van der Waals surface area contributed by atoms with Gasteiger partial charge in [0.2, 0.25) is 0 Å². The molecular weight excluding hydrogens is 461 g/mol. The van der Waals surface area contributed by atoms with E-state index >= 15 is 0 Å². The number of benzene rings is 2. The molecule has 11 heteroatoms. The van der Waals surface area contributed by atoms with E-state index in [1.165, 1.54) is 34.7 Å². The van der Waals surface area contributed by atoms with Crippen LogP contribution in [0.1, 0.15) is 28.4 Å². The lowest BCUT2D eigenvalue weighted by Crippen LogP contribution is -2.30. The van der Waals surface area contributed by atoms with Crippen molar-refractivity contribution in [2.24, 2.45) is 7.05 Å². The number of carbonyl (C=O) groups is 1. The van der Waals surface area contributed by atoms with E-state index in [2.05, 4.69) is 10.4 Å². The number of nitrogens with one attached hydrogen (secondary N) is 1. The number of aromatic nitrogens is 4. The highest BCUT2D eigenvalue weighted by atomic mass is 19.4. The molecule has 8 nitrogen and oxygen atoms in total. The minimum Gasteiger partial charge on any atom is -0.352 e. The summed E-state index contributed by atoms with van der Waals surface area (Å²) in [4.78, 5) is 26.4. The first-order valence-electron chi connectivity index (χ1n) is 10.5. The van der Waals surface area contributed by atoms with E-state index in [9.17, 15) is 22.8 Å². The van der Waals surface area contributed by atoms with Gasteiger partial charge in [0.15, 0.2) is 0 Å². The van der Waals surface area contributed by atoms with Crippen LogP contribution in [-0.2, 0) is 13.2 Å². The monoisotopic (exact) mass is 480 g/mol. The van der Waals surface area contributed by atoms with Gasteiger partial charge in [-0.25, -0.2) is 9.36 Å². The smallest absolute Gasteiger partial charge is 0.352 e. The topological polar surface area (TPSA) is 97.6 Å². The van der Waals surface area contributed by atoms with E-state index in [0.717, 1.165) is 16.8 Å². The molecule has 178 valence electrons. The van der Waals surface area contributed by atoms with Crippen molar-refractivity contribution in [3.8, 4) is 28.8 Å². The number of carbonyl (C=O) groups excluding carboxylic acids is 1.